The molecule has 0 bridgehead atoms. The maximum Gasteiger partial charge on any atom is 0.161 e. The van der Waals surface area contributed by atoms with Gasteiger partial charge in [0.25, 0.3) is 0 Å². The van der Waals surface area contributed by atoms with E-state index < -0.39 is 0 Å². The van der Waals surface area contributed by atoms with Crippen LogP contribution < -0.4 is 9.47 Å². The van der Waals surface area contributed by atoms with Gasteiger partial charge < -0.3 is 9.47 Å². The zero-order valence-electron chi connectivity index (χ0n) is 12.6. The Kier molecular flexibility index (Phi) is 4.81. The molecule has 2 aromatic rings. The minimum atomic E-state index is 0.304. The standard InChI is InChI=1S/C16H18N2O2S/c1-10(2)15-14(7-8-17)21-16(18-15)11-5-6-12(19-3)13(9-11)20-4/h5-6,9-10H,7H2,1-4H3. The summed E-state index contributed by atoms with van der Waals surface area (Å²) in [6.45, 7) is 4.18. The van der Waals surface area contributed by atoms with Crippen molar-refractivity contribution in [3.8, 4) is 28.1 Å². The monoisotopic (exact) mass is 302 g/mol. The third kappa shape index (κ3) is 3.17. The Morgan fingerprint density at radius 2 is 1.95 bits per heavy atom. The summed E-state index contributed by atoms with van der Waals surface area (Å²) in [5.41, 5.74) is 1.98. The Morgan fingerprint density at radius 1 is 1.24 bits per heavy atom. The Balaban J connectivity index is 2.47. The average Bonchev–Trinajstić information content (AvgIpc) is 2.91. The van der Waals surface area contributed by atoms with Gasteiger partial charge in [-0.3, -0.25) is 0 Å². The van der Waals surface area contributed by atoms with Crippen molar-refractivity contribution in [3.05, 3.63) is 28.8 Å². The maximum absolute atomic E-state index is 8.95. The second-order valence-corrected chi connectivity index (χ2v) is 5.97. The fourth-order valence-corrected chi connectivity index (χ4v) is 3.25. The SMILES string of the molecule is COc1ccc(-c2nc(C(C)C)c(CC#N)s2)cc1OC. The first kappa shape index (κ1) is 15.3. The van der Waals surface area contributed by atoms with Gasteiger partial charge in [-0.15, -0.1) is 11.3 Å². The molecule has 0 atom stereocenters. The third-order valence-electron chi connectivity index (χ3n) is 3.14. The van der Waals surface area contributed by atoms with Crippen molar-refractivity contribution in [1.29, 1.82) is 5.26 Å². The molecule has 0 saturated heterocycles. The summed E-state index contributed by atoms with van der Waals surface area (Å²) in [5.74, 6) is 1.68. The number of hydrogen-bond acceptors (Lipinski definition) is 5. The van der Waals surface area contributed by atoms with E-state index >= 15 is 0 Å². The largest absolute Gasteiger partial charge is 0.493 e. The molecule has 1 aromatic heterocycles. The summed E-state index contributed by atoms with van der Waals surface area (Å²) < 4.78 is 10.6. The van der Waals surface area contributed by atoms with Gasteiger partial charge >= 0.3 is 0 Å². The van der Waals surface area contributed by atoms with Crippen LogP contribution in [0.3, 0.4) is 0 Å². The van der Waals surface area contributed by atoms with Crippen LogP contribution in [0.4, 0.5) is 0 Å². The van der Waals surface area contributed by atoms with E-state index in [1.54, 1.807) is 25.6 Å². The van der Waals surface area contributed by atoms with E-state index in [1.807, 2.05) is 18.2 Å². The number of hydrogen-bond donors (Lipinski definition) is 0. The molecule has 0 amide bonds. The van der Waals surface area contributed by atoms with Crippen LogP contribution in [0, 0.1) is 11.3 Å². The summed E-state index contributed by atoms with van der Waals surface area (Å²) in [6, 6.07) is 7.95. The van der Waals surface area contributed by atoms with Crippen LogP contribution in [0.25, 0.3) is 10.6 Å². The fourth-order valence-electron chi connectivity index (χ4n) is 2.11. The van der Waals surface area contributed by atoms with Crippen molar-refractivity contribution in [2.75, 3.05) is 14.2 Å². The minimum absolute atomic E-state index is 0.304. The van der Waals surface area contributed by atoms with Gasteiger partial charge in [-0.05, 0) is 24.1 Å². The molecule has 4 nitrogen and oxygen atoms in total. The van der Waals surface area contributed by atoms with E-state index in [0.29, 0.717) is 23.8 Å². The Labute approximate surface area is 129 Å². The lowest BCUT2D eigenvalue weighted by Gasteiger charge is -2.08. The first-order chi connectivity index (χ1) is 10.1. The normalized spacial score (nSPS) is 10.5. The average molecular weight is 302 g/mol. The highest BCUT2D eigenvalue weighted by atomic mass is 32.1. The highest BCUT2D eigenvalue weighted by Crippen LogP contribution is 2.36. The summed E-state index contributed by atoms with van der Waals surface area (Å²) in [5, 5.41) is 9.86. The van der Waals surface area contributed by atoms with Crippen LogP contribution in [0.2, 0.25) is 0 Å². The number of aromatic nitrogens is 1. The van der Waals surface area contributed by atoms with Crippen molar-refractivity contribution in [2.24, 2.45) is 0 Å². The molecule has 1 aromatic carbocycles. The molecule has 0 spiro atoms. The maximum atomic E-state index is 8.95. The number of ether oxygens (including phenoxy) is 2. The van der Waals surface area contributed by atoms with E-state index in [-0.39, 0.29) is 0 Å². The highest BCUT2D eigenvalue weighted by Gasteiger charge is 2.16. The summed E-state index contributed by atoms with van der Waals surface area (Å²) >= 11 is 1.57. The predicted molar refractivity (Wildman–Crippen MR) is 84.1 cm³/mol. The molecular weight excluding hydrogens is 284 g/mol. The van der Waals surface area contributed by atoms with Crippen LogP contribution in [0.15, 0.2) is 18.2 Å². The summed E-state index contributed by atoms with van der Waals surface area (Å²) in [4.78, 5) is 5.74. The number of benzene rings is 1. The predicted octanol–water partition coefficient (Wildman–Crippen LogP) is 4.02. The van der Waals surface area contributed by atoms with E-state index in [2.05, 4.69) is 19.9 Å². The second-order valence-electron chi connectivity index (χ2n) is 4.89. The lowest BCUT2D eigenvalue weighted by Crippen LogP contribution is -1.93. The zero-order chi connectivity index (χ0) is 15.4. The molecule has 0 aliphatic carbocycles. The van der Waals surface area contributed by atoms with Crippen molar-refractivity contribution in [2.45, 2.75) is 26.2 Å². The molecule has 2 rings (SSSR count). The first-order valence-electron chi connectivity index (χ1n) is 6.69. The number of thiazole rings is 1. The lowest BCUT2D eigenvalue weighted by atomic mass is 10.1. The van der Waals surface area contributed by atoms with E-state index in [0.717, 1.165) is 21.1 Å². The van der Waals surface area contributed by atoms with Gasteiger partial charge in [0.2, 0.25) is 0 Å². The molecule has 0 fully saturated rings. The number of nitriles is 1. The molecule has 0 N–H and O–H groups in total. The molecule has 0 aliphatic rings. The van der Waals surface area contributed by atoms with Crippen molar-refractivity contribution in [3.63, 3.8) is 0 Å². The van der Waals surface area contributed by atoms with Gasteiger partial charge in [-0.25, -0.2) is 4.98 Å². The molecular formula is C16H18N2O2S. The van der Waals surface area contributed by atoms with Crippen LogP contribution in [0.1, 0.15) is 30.3 Å². The third-order valence-corrected chi connectivity index (χ3v) is 4.26. The van der Waals surface area contributed by atoms with Gasteiger partial charge in [-0.1, -0.05) is 13.8 Å². The van der Waals surface area contributed by atoms with Crippen molar-refractivity contribution < 1.29 is 9.47 Å². The Bertz CT molecular complexity index is 671. The summed E-state index contributed by atoms with van der Waals surface area (Å²) in [7, 11) is 3.23. The van der Waals surface area contributed by atoms with Crippen LogP contribution in [-0.2, 0) is 6.42 Å². The van der Waals surface area contributed by atoms with Gasteiger partial charge in [-0.2, -0.15) is 5.26 Å². The highest BCUT2D eigenvalue weighted by molar-refractivity contribution is 7.15. The van der Waals surface area contributed by atoms with Gasteiger partial charge in [0.15, 0.2) is 11.5 Å². The lowest BCUT2D eigenvalue weighted by molar-refractivity contribution is 0.355. The number of rotatable bonds is 5. The molecule has 110 valence electrons. The molecule has 0 unspecified atom stereocenters. The Morgan fingerprint density at radius 3 is 2.52 bits per heavy atom. The molecule has 0 aliphatic heterocycles. The quantitative estimate of drug-likeness (QED) is 0.837. The number of methoxy groups -OCH3 is 2. The van der Waals surface area contributed by atoms with E-state index in [1.165, 1.54) is 0 Å². The van der Waals surface area contributed by atoms with Gasteiger partial charge in [0, 0.05) is 10.4 Å². The first-order valence-corrected chi connectivity index (χ1v) is 7.51. The van der Waals surface area contributed by atoms with Gasteiger partial charge in [0.1, 0.15) is 5.01 Å². The molecule has 1 heterocycles. The zero-order valence-corrected chi connectivity index (χ0v) is 13.5. The van der Waals surface area contributed by atoms with Crippen LogP contribution in [0.5, 0.6) is 11.5 Å². The smallest absolute Gasteiger partial charge is 0.161 e. The van der Waals surface area contributed by atoms with Crippen LogP contribution in [-0.4, -0.2) is 19.2 Å². The van der Waals surface area contributed by atoms with Gasteiger partial charge in [0.05, 0.1) is 32.4 Å². The van der Waals surface area contributed by atoms with E-state index in [9.17, 15) is 0 Å². The minimum Gasteiger partial charge on any atom is -0.493 e. The van der Waals surface area contributed by atoms with Crippen molar-refractivity contribution >= 4 is 11.3 Å². The molecule has 21 heavy (non-hydrogen) atoms. The van der Waals surface area contributed by atoms with E-state index in [4.69, 9.17) is 19.7 Å². The molecule has 5 heteroatoms. The molecule has 0 radical (unpaired) electrons. The van der Waals surface area contributed by atoms with Crippen LogP contribution >= 0.6 is 11.3 Å². The van der Waals surface area contributed by atoms with Crippen molar-refractivity contribution in [1.82, 2.24) is 4.98 Å². The second kappa shape index (κ2) is 6.59. The topological polar surface area (TPSA) is 55.1 Å². The number of nitrogens with zero attached hydrogens (tertiary/aromatic N) is 2. The Hall–Kier alpha value is -2.06. The fraction of sp³-hybridized carbons (Fsp3) is 0.375. The molecule has 0 saturated carbocycles. The summed E-state index contributed by atoms with van der Waals surface area (Å²) in [6.07, 6.45) is 0.401.